The van der Waals surface area contributed by atoms with Crippen LogP contribution < -0.4 is 19.9 Å². The molecular weight excluding hydrogens is 280 g/mol. The van der Waals surface area contributed by atoms with Crippen LogP contribution in [0, 0.1) is 5.92 Å². The molecule has 0 spiro atoms. The van der Waals surface area contributed by atoms with Crippen LogP contribution in [0.15, 0.2) is 12.1 Å². The Kier molecular flexibility index (Phi) is 6.34. The first-order valence-electron chi connectivity index (χ1n) is 7.93. The van der Waals surface area contributed by atoms with E-state index in [0.717, 1.165) is 49.7 Å². The molecule has 1 aliphatic rings. The van der Waals surface area contributed by atoms with Crippen LogP contribution in [0.2, 0.25) is 0 Å². The standard InChI is InChI=1S/C17H28N2O3/c1-20-15-10-17(22-3)16(21-2)9-14(15)12-19-8-4-5-13(11-19)6-7-18/h9-10,13H,4-8,11-12,18H2,1-3H3. The van der Waals surface area contributed by atoms with E-state index in [1.807, 2.05) is 12.1 Å². The molecule has 5 heteroatoms. The number of hydrogen-bond acceptors (Lipinski definition) is 5. The third kappa shape index (κ3) is 4.05. The maximum absolute atomic E-state index is 5.70. The molecule has 1 heterocycles. The summed E-state index contributed by atoms with van der Waals surface area (Å²) in [4.78, 5) is 2.48. The van der Waals surface area contributed by atoms with Crippen LogP contribution in [0.1, 0.15) is 24.8 Å². The maximum Gasteiger partial charge on any atom is 0.164 e. The molecule has 1 saturated heterocycles. The fourth-order valence-corrected chi connectivity index (χ4v) is 3.22. The van der Waals surface area contributed by atoms with Gasteiger partial charge in [0.2, 0.25) is 0 Å². The summed E-state index contributed by atoms with van der Waals surface area (Å²) in [6, 6.07) is 3.92. The first-order chi connectivity index (χ1) is 10.7. The third-order valence-corrected chi connectivity index (χ3v) is 4.36. The van der Waals surface area contributed by atoms with Gasteiger partial charge in [0.25, 0.3) is 0 Å². The summed E-state index contributed by atoms with van der Waals surface area (Å²) in [5.74, 6) is 3.00. The number of ether oxygens (including phenoxy) is 3. The van der Waals surface area contributed by atoms with Gasteiger partial charge in [0.1, 0.15) is 5.75 Å². The lowest BCUT2D eigenvalue weighted by atomic mass is 9.94. The molecule has 1 fully saturated rings. The van der Waals surface area contributed by atoms with Gasteiger partial charge in [-0.1, -0.05) is 0 Å². The predicted octanol–water partition coefficient (Wildman–Crippen LogP) is 2.27. The molecule has 22 heavy (non-hydrogen) atoms. The van der Waals surface area contributed by atoms with E-state index in [-0.39, 0.29) is 0 Å². The van der Waals surface area contributed by atoms with E-state index in [4.69, 9.17) is 19.9 Å². The number of piperidine rings is 1. The van der Waals surface area contributed by atoms with Gasteiger partial charge in [0.15, 0.2) is 11.5 Å². The van der Waals surface area contributed by atoms with Crippen molar-refractivity contribution in [1.82, 2.24) is 4.90 Å². The van der Waals surface area contributed by atoms with Crippen LogP contribution >= 0.6 is 0 Å². The van der Waals surface area contributed by atoms with Crippen LogP contribution in [0.25, 0.3) is 0 Å². The molecule has 2 rings (SSSR count). The number of benzene rings is 1. The molecule has 1 aromatic rings. The molecule has 0 saturated carbocycles. The van der Waals surface area contributed by atoms with Crippen molar-refractivity contribution in [1.29, 1.82) is 0 Å². The van der Waals surface area contributed by atoms with Gasteiger partial charge in [-0.2, -0.15) is 0 Å². The summed E-state index contributed by atoms with van der Waals surface area (Å²) in [5.41, 5.74) is 6.84. The molecule has 5 nitrogen and oxygen atoms in total. The number of hydrogen-bond donors (Lipinski definition) is 1. The normalized spacial score (nSPS) is 19.0. The molecule has 1 aromatic carbocycles. The topological polar surface area (TPSA) is 57.0 Å². The fraction of sp³-hybridized carbons (Fsp3) is 0.647. The van der Waals surface area contributed by atoms with E-state index in [2.05, 4.69) is 4.90 Å². The van der Waals surface area contributed by atoms with E-state index in [1.54, 1.807) is 21.3 Å². The Labute approximate surface area is 133 Å². The monoisotopic (exact) mass is 308 g/mol. The first kappa shape index (κ1) is 16.9. The zero-order valence-electron chi connectivity index (χ0n) is 13.9. The highest BCUT2D eigenvalue weighted by Crippen LogP contribution is 2.35. The smallest absolute Gasteiger partial charge is 0.164 e. The second kappa shape index (κ2) is 8.25. The molecule has 0 aliphatic carbocycles. The summed E-state index contributed by atoms with van der Waals surface area (Å²) >= 11 is 0. The molecule has 2 N–H and O–H groups in total. The van der Waals surface area contributed by atoms with E-state index in [0.29, 0.717) is 11.7 Å². The molecule has 0 aromatic heterocycles. The van der Waals surface area contributed by atoms with Crippen LogP contribution in [0.4, 0.5) is 0 Å². The number of nitrogens with zero attached hydrogens (tertiary/aromatic N) is 1. The maximum atomic E-state index is 5.70. The van der Waals surface area contributed by atoms with Crippen molar-refractivity contribution in [2.24, 2.45) is 11.7 Å². The van der Waals surface area contributed by atoms with Crippen LogP contribution in [0.3, 0.4) is 0 Å². The summed E-state index contributed by atoms with van der Waals surface area (Å²) in [6.07, 6.45) is 3.64. The molecule has 124 valence electrons. The van der Waals surface area contributed by atoms with Gasteiger partial charge in [-0.05, 0) is 44.3 Å². The summed E-state index contributed by atoms with van der Waals surface area (Å²) in [6.45, 7) is 3.87. The summed E-state index contributed by atoms with van der Waals surface area (Å²) < 4.78 is 16.3. The Morgan fingerprint density at radius 2 is 1.77 bits per heavy atom. The van der Waals surface area contributed by atoms with Gasteiger partial charge in [-0.25, -0.2) is 0 Å². The zero-order valence-corrected chi connectivity index (χ0v) is 13.9. The van der Waals surface area contributed by atoms with Gasteiger partial charge in [-0.3, -0.25) is 4.90 Å². The average molecular weight is 308 g/mol. The Hall–Kier alpha value is -1.46. The van der Waals surface area contributed by atoms with Crippen LogP contribution in [-0.2, 0) is 6.54 Å². The van der Waals surface area contributed by atoms with Gasteiger partial charge in [-0.15, -0.1) is 0 Å². The molecule has 0 bridgehead atoms. The minimum atomic E-state index is 0.697. The minimum Gasteiger partial charge on any atom is -0.496 e. The zero-order chi connectivity index (χ0) is 15.9. The second-order valence-corrected chi connectivity index (χ2v) is 5.84. The first-order valence-corrected chi connectivity index (χ1v) is 7.93. The van der Waals surface area contributed by atoms with E-state index in [9.17, 15) is 0 Å². The number of methoxy groups -OCH3 is 3. The lowest BCUT2D eigenvalue weighted by Crippen LogP contribution is -2.35. The van der Waals surface area contributed by atoms with Gasteiger partial charge in [0, 0.05) is 24.7 Å². The second-order valence-electron chi connectivity index (χ2n) is 5.84. The number of nitrogens with two attached hydrogens (primary N) is 1. The Morgan fingerprint density at radius 3 is 2.41 bits per heavy atom. The molecule has 1 aliphatic heterocycles. The largest absolute Gasteiger partial charge is 0.496 e. The van der Waals surface area contributed by atoms with Crippen molar-refractivity contribution in [3.8, 4) is 17.2 Å². The SMILES string of the molecule is COc1cc(OC)c(OC)cc1CN1CCCC(CCN)C1. The third-order valence-electron chi connectivity index (χ3n) is 4.36. The Balaban J connectivity index is 2.13. The van der Waals surface area contributed by atoms with Gasteiger partial charge >= 0.3 is 0 Å². The molecule has 0 radical (unpaired) electrons. The molecular formula is C17H28N2O3. The highest BCUT2D eigenvalue weighted by atomic mass is 16.5. The molecule has 1 unspecified atom stereocenters. The highest BCUT2D eigenvalue weighted by Gasteiger charge is 2.21. The summed E-state index contributed by atoms with van der Waals surface area (Å²) in [7, 11) is 4.99. The lowest BCUT2D eigenvalue weighted by molar-refractivity contribution is 0.161. The van der Waals surface area contributed by atoms with Crippen molar-refractivity contribution in [2.45, 2.75) is 25.8 Å². The average Bonchev–Trinajstić information content (AvgIpc) is 2.55. The van der Waals surface area contributed by atoms with Crippen LogP contribution in [-0.4, -0.2) is 45.9 Å². The van der Waals surface area contributed by atoms with E-state index < -0.39 is 0 Å². The fourth-order valence-electron chi connectivity index (χ4n) is 3.22. The van der Waals surface area contributed by atoms with Crippen molar-refractivity contribution in [3.05, 3.63) is 17.7 Å². The molecule has 1 atom stereocenters. The Bertz CT molecular complexity index is 477. The minimum absolute atomic E-state index is 0.697. The molecule has 0 amide bonds. The van der Waals surface area contributed by atoms with Gasteiger partial charge < -0.3 is 19.9 Å². The Morgan fingerprint density at radius 1 is 1.09 bits per heavy atom. The van der Waals surface area contributed by atoms with Crippen molar-refractivity contribution in [3.63, 3.8) is 0 Å². The number of rotatable bonds is 7. The predicted molar refractivity (Wildman–Crippen MR) is 87.8 cm³/mol. The summed E-state index contributed by atoms with van der Waals surface area (Å²) in [5, 5.41) is 0. The number of likely N-dealkylation sites (tertiary alicyclic amines) is 1. The van der Waals surface area contributed by atoms with E-state index >= 15 is 0 Å². The van der Waals surface area contributed by atoms with Crippen molar-refractivity contribution in [2.75, 3.05) is 41.0 Å². The van der Waals surface area contributed by atoms with Crippen molar-refractivity contribution >= 4 is 0 Å². The van der Waals surface area contributed by atoms with Gasteiger partial charge in [0.05, 0.1) is 21.3 Å². The quantitative estimate of drug-likeness (QED) is 0.837. The van der Waals surface area contributed by atoms with Crippen molar-refractivity contribution < 1.29 is 14.2 Å². The van der Waals surface area contributed by atoms with Crippen LogP contribution in [0.5, 0.6) is 17.2 Å². The highest BCUT2D eigenvalue weighted by molar-refractivity contribution is 5.50. The van der Waals surface area contributed by atoms with E-state index in [1.165, 1.54) is 12.8 Å². The lowest BCUT2D eigenvalue weighted by Gasteiger charge is -2.33.